The standard InChI is InChI=1S/C20H23F2N3O3/c1-12(13-6-4-3-5-7-13)28-16-10-15(25-17(16)19(27)23-2)18(26)24-14-8-9-20(21,22)11-14/h3-7,10,12,14,25H,8-9,11H2,1-2H3,(H,23,27)(H,24,26)/t12-,14?/m0/s1. The Hall–Kier alpha value is -2.90. The Morgan fingerprint density at radius 3 is 2.57 bits per heavy atom. The molecule has 0 bridgehead atoms. The van der Waals surface area contributed by atoms with E-state index in [4.69, 9.17) is 4.74 Å². The van der Waals surface area contributed by atoms with Crippen LogP contribution >= 0.6 is 0 Å². The van der Waals surface area contributed by atoms with Crippen molar-refractivity contribution in [1.82, 2.24) is 15.6 Å². The molecule has 3 N–H and O–H groups in total. The van der Waals surface area contributed by atoms with Crippen molar-refractivity contribution in [2.45, 2.75) is 44.3 Å². The lowest BCUT2D eigenvalue weighted by Crippen LogP contribution is -2.34. The number of aromatic amines is 1. The Balaban J connectivity index is 1.77. The largest absolute Gasteiger partial charge is 0.484 e. The smallest absolute Gasteiger partial charge is 0.271 e. The van der Waals surface area contributed by atoms with E-state index in [1.54, 1.807) is 0 Å². The number of alkyl halides is 2. The van der Waals surface area contributed by atoms with Gasteiger partial charge in [0.05, 0.1) is 0 Å². The van der Waals surface area contributed by atoms with Gasteiger partial charge in [0.15, 0.2) is 5.75 Å². The normalized spacial score (nSPS) is 19.1. The molecule has 1 fully saturated rings. The highest BCUT2D eigenvalue weighted by atomic mass is 19.3. The van der Waals surface area contributed by atoms with Crippen LogP contribution in [0, 0.1) is 0 Å². The number of halogens is 2. The predicted molar refractivity (Wildman–Crippen MR) is 99.7 cm³/mol. The second-order valence-electron chi connectivity index (χ2n) is 6.94. The summed E-state index contributed by atoms with van der Waals surface area (Å²) in [6.45, 7) is 1.83. The molecule has 0 aliphatic heterocycles. The van der Waals surface area contributed by atoms with Crippen molar-refractivity contribution in [3.8, 4) is 5.75 Å². The zero-order valence-corrected chi connectivity index (χ0v) is 15.7. The quantitative estimate of drug-likeness (QED) is 0.706. The molecule has 3 rings (SSSR count). The van der Waals surface area contributed by atoms with Crippen LogP contribution in [0.3, 0.4) is 0 Å². The van der Waals surface area contributed by atoms with Crippen LogP contribution < -0.4 is 15.4 Å². The topological polar surface area (TPSA) is 83.2 Å². The lowest BCUT2D eigenvalue weighted by atomic mass is 10.1. The van der Waals surface area contributed by atoms with Crippen LogP contribution in [0.5, 0.6) is 5.75 Å². The van der Waals surface area contributed by atoms with Crippen molar-refractivity contribution in [3.63, 3.8) is 0 Å². The molecule has 8 heteroatoms. The van der Waals surface area contributed by atoms with Crippen LogP contribution in [0.2, 0.25) is 0 Å². The summed E-state index contributed by atoms with van der Waals surface area (Å²) in [5.74, 6) is -3.52. The second-order valence-corrected chi connectivity index (χ2v) is 6.94. The highest BCUT2D eigenvalue weighted by Gasteiger charge is 2.40. The van der Waals surface area contributed by atoms with E-state index in [2.05, 4.69) is 15.6 Å². The molecule has 1 aliphatic carbocycles. The molecule has 1 saturated carbocycles. The minimum atomic E-state index is -2.75. The molecule has 150 valence electrons. The van der Waals surface area contributed by atoms with Crippen LogP contribution in [0.1, 0.15) is 58.8 Å². The van der Waals surface area contributed by atoms with E-state index >= 15 is 0 Å². The Morgan fingerprint density at radius 2 is 1.96 bits per heavy atom. The number of amides is 2. The molecular weight excluding hydrogens is 368 g/mol. The average Bonchev–Trinajstić information content (AvgIpc) is 3.24. The van der Waals surface area contributed by atoms with Gasteiger partial charge in [-0.15, -0.1) is 0 Å². The number of carbonyl (C=O) groups excluding carboxylic acids is 2. The summed E-state index contributed by atoms with van der Waals surface area (Å²) >= 11 is 0. The van der Waals surface area contributed by atoms with E-state index < -0.39 is 23.8 Å². The Morgan fingerprint density at radius 1 is 1.25 bits per heavy atom. The fourth-order valence-corrected chi connectivity index (χ4v) is 3.26. The molecule has 0 saturated heterocycles. The highest BCUT2D eigenvalue weighted by Crippen LogP contribution is 2.35. The van der Waals surface area contributed by atoms with Crippen LogP contribution in [0.25, 0.3) is 0 Å². The van der Waals surface area contributed by atoms with Crippen LogP contribution in [0.4, 0.5) is 8.78 Å². The number of aromatic nitrogens is 1. The molecule has 6 nitrogen and oxygen atoms in total. The van der Waals surface area contributed by atoms with E-state index in [9.17, 15) is 18.4 Å². The highest BCUT2D eigenvalue weighted by molar-refractivity contribution is 5.99. The summed E-state index contributed by atoms with van der Waals surface area (Å²) in [4.78, 5) is 27.4. The predicted octanol–water partition coefficient (Wildman–Crippen LogP) is 3.43. The number of benzene rings is 1. The Labute approximate surface area is 161 Å². The first kappa shape index (κ1) is 19.9. The summed E-state index contributed by atoms with van der Waals surface area (Å²) in [6.07, 6.45) is -0.758. The first-order valence-corrected chi connectivity index (χ1v) is 9.14. The molecule has 1 heterocycles. The molecular formula is C20H23F2N3O3. The molecule has 28 heavy (non-hydrogen) atoms. The maximum absolute atomic E-state index is 13.3. The van der Waals surface area contributed by atoms with Gasteiger partial charge in [-0.3, -0.25) is 9.59 Å². The summed E-state index contributed by atoms with van der Waals surface area (Å²) in [7, 11) is 1.47. The molecule has 0 spiro atoms. The van der Waals surface area contributed by atoms with Gasteiger partial charge in [0.25, 0.3) is 11.8 Å². The van der Waals surface area contributed by atoms with Crippen molar-refractivity contribution in [3.05, 3.63) is 53.3 Å². The summed E-state index contributed by atoms with van der Waals surface area (Å²) in [5.41, 5.74) is 1.10. The zero-order chi connectivity index (χ0) is 20.3. The van der Waals surface area contributed by atoms with Gasteiger partial charge in [0.1, 0.15) is 17.5 Å². The van der Waals surface area contributed by atoms with Crippen LogP contribution in [0.15, 0.2) is 36.4 Å². The zero-order valence-electron chi connectivity index (χ0n) is 15.7. The van der Waals surface area contributed by atoms with Crippen molar-refractivity contribution < 1.29 is 23.1 Å². The number of nitrogens with one attached hydrogen (secondary N) is 3. The molecule has 2 amide bonds. The van der Waals surface area contributed by atoms with Gasteiger partial charge in [-0.05, 0) is 18.9 Å². The van der Waals surface area contributed by atoms with Gasteiger partial charge in [-0.1, -0.05) is 30.3 Å². The Kier molecular flexibility index (Phi) is 5.67. The van der Waals surface area contributed by atoms with E-state index in [1.165, 1.54) is 13.1 Å². The third-order valence-electron chi connectivity index (χ3n) is 4.79. The number of H-pyrrole nitrogens is 1. The number of hydrogen-bond acceptors (Lipinski definition) is 3. The summed E-state index contributed by atoms with van der Waals surface area (Å²) in [6, 6.07) is 10.3. The number of carbonyl (C=O) groups is 2. The number of hydrogen-bond donors (Lipinski definition) is 3. The molecule has 0 radical (unpaired) electrons. The van der Waals surface area contributed by atoms with E-state index in [-0.39, 0.29) is 42.5 Å². The van der Waals surface area contributed by atoms with E-state index in [0.29, 0.717) is 0 Å². The first-order chi connectivity index (χ1) is 13.3. The van der Waals surface area contributed by atoms with Crippen LogP contribution in [-0.2, 0) is 0 Å². The summed E-state index contributed by atoms with van der Waals surface area (Å²) in [5, 5.41) is 5.09. The fourth-order valence-electron chi connectivity index (χ4n) is 3.26. The first-order valence-electron chi connectivity index (χ1n) is 9.14. The molecule has 2 atom stereocenters. The number of rotatable bonds is 6. The van der Waals surface area contributed by atoms with Gasteiger partial charge >= 0.3 is 0 Å². The maximum Gasteiger partial charge on any atom is 0.271 e. The van der Waals surface area contributed by atoms with Gasteiger partial charge in [0, 0.05) is 32.0 Å². The minimum Gasteiger partial charge on any atom is -0.484 e. The van der Waals surface area contributed by atoms with Crippen molar-refractivity contribution in [2.24, 2.45) is 0 Å². The minimum absolute atomic E-state index is 0.0871. The van der Waals surface area contributed by atoms with Gasteiger partial charge in [-0.25, -0.2) is 8.78 Å². The van der Waals surface area contributed by atoms with E-state index in [0.717, 1.165) is 5.56 Å². The SMILES string of the molecule is CNC(=O)c1[nH]c(C(=O)NC2CCC(F)(F)C2)cc1O[C@@H](C)c1ccccc1. The van der Waals surface area contributed by atoms with Gasteiger partial charge in [0.2, 0.25) is 5.92 Å². The maximum atomic E-state index is 13.3. The van der Waals surface area contributed by atoms with Crippen molar-refractivity contribution in [2.75, 3.05) is 7.05 Å². The molecule has 1 aromatic carbocycles. The lowest BCUT2D eigenvalue weighted by molar-refractivity contribution is 0.00709. The van der Waals surface area contributed by atoms with Gasteiger partial charge < -0.3 is 20.4 Å². The monoisotopic (exact) mass is 391 g/mol. The van der Waals surface area contributed by atoms with Crippen LogP contribution in [-0.4, -0.2) is 35.8 Å². The van der Waals surface area contributed by atoms with Crippen molar-refractivity contribution in [1.29, 1.82) is 0 Å². The van der Waals surface area contributed by atoms with Crippen molar-refractivity contribution >= 4 is 11.8 Å². The summed E-state index contributed by atoms with van der Waals surface area (Å²) < 4.78 is 32.6. The molecule has 1 aromatic heterocycles. The molecule has 1 aliphatic rings. The third-order valence-corrected chi connectivity index (χ3v) is 4.79. The number of ether oxygens (including phenoxy) is 1. The third kappa shape index (κ3) is 4.49. The van der Waals surface area contributed by atoms with Gasteiger partial charge in [-0.2, -0.15) is 0 Å². The molecule has 2 aromatic rings. The Bertz CT molecular complexity index is 852. The second kappa shape index (κ2) is 8.00. The van der Waals surface area contributed by atoms with E-state index in [1.807, 2.05) is 37.3 Å². The molecule has 1 unspecified atom stereocenters. The fraction of sp³-hybridized carbons (Fsp3) is 0.400. The average molecular weight is 391 g/mol. The lowest BCUT2D eigenvalue weighted by Gasteiger charge is -2.15.